The topological polar surface area (TPSA) is 13.1 Å². The molecule has 0 amide bonds. The van der Waals surface area contributed by atoms with Crippen LogP contribution >= 0.6 is 0 Å². The summed E-state index contributed by atoms with van der Waals surface area (Å²) in [6.07, 6.45) is 0. The molecule has 2 aliphatic carbocycles. The fourth-order valence-corrected chi connectivity index (χ4v) is 12.5. The largest absolute Gasteiger partial charge is 0.311 e. The summed E-state index contributed by atoms with van der Waals surface area (Å²) in [4.78, 5) is 2.33. The molecule has 1 atom stereocenters. The smallest absolute Gasteiger partial charge is 0.0726 e. The van der Waals surface area contributed by atoms with Crippen LogP contribution in [0.25, 0.3) is 88.4 Å². The maximum Gasteiger partial charge on any atom is 0.0726 e. The third-order valence-corrected chi connectivity index (χ3v) is 15.3. The Hall–Kier alpha value is -9.18. The molecule has 11 aromatic carbocycles. The average Bonchev–Trinajstić information content (AvgIpc) is 4.14. The van der Waals surface area contributed by atoms with Crippen LogP contribution in [0.15, 0.2) is 261 Å². The Morgan fingerprint density at radius 1 is 0.300 bits per heavy atom. The van der Waals surface area contributed by atoms with E-state index in [0.29, 0.717) is 0 Å². The summed E-state index contributed by atoms with van der Waals surface area (Å²) in [5, 5.41) is 5.00. The Bertz CT molecular complexity index is 4170. The molecule has 1 unspecified atom stereocenters. The van der Waals surface area contributed by atoms with Crippen LogP contribution in [0.5, 0.6) is 0 Å². The lowest BCUT2D eigenvalue weighted by Crippen LogP contribution is -2.25. The van der Waals surface area contributed by atoms with Gasteiger partial charge in [-0.2, -0.15) is 0 Å². The van der Waals surface area contributed by atoms with Crippen LogP contribution in [-0.4, -0.2) is 9.13 Å². The van der Waals surface area contributed by atoms with Crippen LogP contribution in [0.4, 0.5) is 17.1 Å². The molecule has 326 valence electrons. The van der Waals surface area contributed by atoms with E-state index in [-0.39, 0.29) is 0 Å². The van der Waals surface area contributed by atoms with Crippen molar-refractivity contribution in [2.45, 2.75) is 5.41 Å². The predicted octanol–water partition coefficient (Wildman–Crippen LogP) is 17.4. The number of anilines is 3. The van der Waals surface area contributed by atoms with Crippen LogP contribution in [0, 0.1) is 0 Å². The van der Waals surface area contributed by atoms with Gasteiger partial charge in [-0.05, 0) is 129 Å². The van der Waals surface area contributed by atoms with Crippen molar-refractivity contribution < 1.29 is 0 Å². The maximum absolute atomic E-state index is 2.59. The molecule has 0 saturated heterocycles. The second-order valence-electron chi connectivity index (χ2n) is 18.8. The fourth-order valence-electron chi connectivity index (χ4n) is 12.5. The molecule has 0 fully saturated rings. The van der Waals surface area contributed by atoms with Crippen LogP contribution in [0.2, 0.25) is 0 Å². The molecule has 0 aliphatic heterocycles. The summed E-state index contributed by atoms with van der Waals surface area (Å²) >= 11 is 0. The van der Waals surface area contributed by atoms with Crippen LogP contribution in [-0.2, 0) is 5.41 Å². The molecule has 3 heteroatoms. The highest BCUT2D eigenvalue weighted by atomic mass is 15.1. The number of para-hydroxylation sites is 5. The first kappa shape index (κ1) is 38.9. The van der Waals surface area contributed by atoms with E-state index in [9.17, 15) is 0 Å². The first-order valence-corrected chi connectivity index (χ1v) is 24.3. The molecular formula is C67H43N3. The Labute approximate surface area is 406 Å². The van der Waals surface area contributed by atoms with Crippen molar-refractivity contribution in [1.29, 1.82) is 0 Å². The van der Waals surface area contributed by atoms with E-state index < -0.39 is 5.41 Å². The fraction of sp³-hybridized carbons (Fsp3) is 0.0149. The van der Waals surface area contributed by atoms with Crippen molar-refractivity contribution in [2.24, 2.45) is 0 Å². The van der Waals surface area contributed by atoms with Crippen molar-refractivity contribution in [3.05, 3.63) is 283 Å². The summed E-state index contributed by atoms with van der Waals surface area (Å²) in [6, 6.07) is 96.4. The molecule has 2 aliphatic rings. The minimum atomic E-state index is -0.546. The van der Waals surface area contributed by atoms with Gasteiger partial charge in [0.05, 0.1) is 27.5 Å². The Morgan fingerprint density at radius 3 is 1.51 bits per heavy atom. The van der Waals surface area contributed by atoms with Gasteiger partial charge in [-0.1, -0.05) is 182 Å². The SMILES string of the molecule is c1ccc(N(c2ccccc2)c2ccc(-c3ccc4c(c3)C3(c5ccccc5-4)c4ccccc4-c4c3ccc3c5ccc6c(c7ccccc7n6-c6ccccc6)c5n(-c5ccccc5)c43)cc2)cc1. The molecule has 0 saturated carbocycles. The summed E-state index contributed by atoms with van der Waals surface area (Å²) in [6.45, 7) is 0. The number of benzene rings is 11. The number of fused-ring (bicyclic) bond motifs is 18. The molecule has 0 radical (unpaired) electrons. The van der Waals surface area contributed by atoms with E-state index in [1.807, 2.05) is 0 Å². The third-order valence-electron chi connectivity index (χ3n) is 15.3. The van der Waals surface area contributed by atoms with Crippen molar-refractivity contribution in [3.8, 4) is 44.8 Å². The van der Waals surface area contributed by atoms with E-state index in [4.69, 9.17) is 0 Å². The number of hydrogen-bond donors (Lipinski definition) is 0. The lowest BCUT2D eigenvalue weighted by atomic mass is 9.70. The second kappa shape index (κ2) is 14.9. The number of rotatable bonds is 6. The summed E-state index contributed by atoms with van der Waals surface area (Å²) in [5.74, 6) is 0. The maximum atomic E-state index is 2.59. The van der Waals surface area contributed by atoms with Gasteiger partial charge in [-0.25, -0.2) is 0 Å². The minimum absolute atomic E-state index is 0.546. The zero-order valence-corrected chi connectivity index (χ0v) is 38.2. The van der Waals surface area contributed by atoms with Crippen molar-refractivity contribution in [2.75, 3.05) is 4.90 Å². The Kier molecular flexibility index (Phi) is 8.28. The lowest BCUT2D eigenvalue weighted by molar-refractivity contribution is 0.794. The van der Waals surface area contributed by atoms with E-state index in [2.05, 4.69) is 275 Å². The Balaban J connectivity index is 0.994. The molecule has 13 aromatic rings. The Morgan fingerprint density at radius 2 is 0.814 bits per heavy atom. The van der Waals surface area contributed by atoms with E-state index in [0.717, 1.165) is 28.4 Å². The molecule has 15 rings (SSSR count). The molecule has 2 aromatic heterocycles. The second-order valence-corrected chi connectivity index (χ2v) is 18.8. The van der Waals surface area contributed by atoms with E-state index in [1.54, 1.807) is 0 Å². The zero-order chi connectivity index (χ0) is 45.9. The highest BCUT2D eigenvalue weighted by Crippen LogP contribution is 2.64. The van der Waals surface area contributed by atoms with Crippen LogP contribution in [0.1, 0.15) is 22.3 Å². The quantitative estimate of drug-likeness (QED) is 0.162. The molecule has 0 bridgehead atoms. The lowest BCUT2D eigenvalue weighted by Gasteiger charge is -2.31. The van der Waals surface area contributed by atoms with Gasteiger partial charge in [-0.3, -0.25) is 0 Å². The molecule has 2 heterocycles. The van der Waals surface area contributed by atoms with Crippen molar-refractivity contribution in [3.63, 3.8) is 0 Å². The molecule has 0 N–H and O–H groups in total. The molecule has 1 spiro atoms. The summed E-state index contributed by atoms with van der Waals surface area (Å²) in [7, 11) is 0. The van der Waals surface area contributed by atoms with Gasteiger partial charge >= 0.3 is 0 Å². The van der Waals surface area contributed by atoms with Gasteiger partial charge in [0.1, 0.15) is 0 Å². The van der Waals surface area contributed by atoms with Gasteiger partial charge in [-0.15, -0.1) is 0 Å². The van der Waals surface area contributed by atoms with Crippen molar-refractivity contribution in [1.82, 2.24) is 9.13 Å². The summed E-state index contributed by atoms with van der Waals surface area (Å²) in [5.41, 5.74) is 22.8. The van der Waals surface area contributed by atoms with Crippen LogP contribution in [0.3, 0.4) is 0 Å². The first-order chi connectivity index (χ1) is 34.8. The number of nitrogens with zero attached hydrogens (tertiary/aromatic N) is 3. The van der Waals surface area contributed by atoms with Gasteiger partial charge in [0.2, 0.25) is 0 Å². The third kappa shape index (κ3) is 5.29. The standard InChI is InChI=1S/C67H43N3/c1-5-19-46(20-6-1)68(47-21-7-2-8-22-47)50-36-33-44(34-37-50)45-35-38-52-51-27-13-16-30-57(51)67(60(52)43-45)58-31-17-14-28-55(58)63-59(67)41-39-53-54-40-42-62-64(66(54)70(65(53)63)49-25-11-4-12-26-49)56-29-15-18-32-61(56)69(62)48-23-9-3-10-24-48/h1-43H. The van der Waals surface area contributed by atoms with Crippen molar-refractivity contribution >= 4 is 60.7 Å². The van der Waals surface area contributed by atoms with Gasteiger partial charge in [0.15, 0.2) is 0 Å². The molecule has 3 nitrogen and oxygen atoms in total. The summed E-state index contributed by atoms with van der Waals surface area (Å²) < 4.78 is 5.03. The van der Waals surface area contributed by atoms with E-state index >= 15 is 0 Å². The minimum Gasteiger partial charge on any atom is -0.311 e. The van der Waals surface area contributed by atoms with Gasteiger partial charge in [0, 0.05) is 55.5 Å². The van der Waals surface area contributed by atoms with E-state index in [1.165, 1.54) is 99.2 Å². The van der Waals surface area contributed by atoms with Gasteiger partial charge < -0.3 is 14.0 Å². The van der Waals surface area contributed by atoms with Crippen LogP contribution < -0.4 is 4.90 Å². The highest BCUT2D eigenvalue weighted by molar-refractivity contribution is 6.28. The first-order valence-electron chi connectivity index (χ1n) is 24.3. The normalized spacial score (nSPS) is 14.3. The number of hydrogen-bond acceptors (Lipinski definition) is 1. The monoisotopic (exact) mass is 889 g/mol. The predicted molar refractivity (Wildman–Crippen MR) is 292 cm³/mol. The van der Waals surface area contributed by atoms with Gasteiger partial charge in [0.25, 0.3) is 0 Å². The number of aromatic nitrogens is 2. The highest BCUT2D eigenvalue weighted by Gasteiger charge is 2.52. The molecule has 70 heavy (non-hydrogen) atoms. The zero-order valence-electron chi connectivity index (χ0n) is 38.2. The average molecular weight is 890 g/mol. The molecular weight excluding hydrogens is 847 g/mol.